The van der Waals surface area contributed by atoms with E-state index >= 15 is 0 Å². The Morgan fingerprint density at radius 1 is 0.971 bits per heavy atom. The van der Waals surface area contributed by atoms with Crippen LogP contribution in [0, 0.1) is 6.92 Å². The quantitative estimate of drug-likeness (QED) is 0.442. The molecule has 3 aromatic carbocycles. The summed E-state index contributed by atoms with van der Waals surface area (Å²) >= 11 is 6.28. The number of carbonyl (C=O) groups excluding carboxylic acids is 1. The first-order valence-corrected chi connectivity index (χ1v) is 12.4. The zero-order valence-corrected chi connectivity index (χ0v) is 21.0. The van der Waals surface area contributed by atoms with Gasteiger partial charge in [0, 0.05) is 5.69 Å². The van der Waals surface area contributed by atoms with Gasteiger partial charge >= 0.3 is 0 Å². The fourth-order valence-electron chi connectivity index (χ4n) is 3.38. The summed E-state index contributed by atoms with van der Waals surface area (Å²) in [7, 11) is -1.35. The maximum Gasteiger partial charge on any atom is 0.268 e. The first-order valence-electron chi connectivity index (χ1n) is 10.6. The molecule has 0 unspecified atom stereocenters. The molecule has 3 rings (SSSR count). The number of hydrogen-bond acceptors (Lipinski definition) is 5. The molecule has 3 aromatic rings. The van der Waals surface area contributed by atoms with Crippen LogP contribution >= 0.6 is 11.6 Å². The summed E-state index contributed by atoms with van der Waals surface area (Å²) in [5.74, 6) is 0.0496. The predicted molar refractivity (Wildman–Crippen MR) is 135 cm³/mol. The Balaban J connectivity index is 2.02. The summed E-state index contributed by atoms with van der Waals surface area (Å²) in [6.07, 6.45) is 0.872. The lowest BCUT2D eigenvalue weighted by molar-refractivity contribution is -0.114. The van der Waals surface area contributed by atoms with Crippen LogP contribution < -0.4 is 19.1 Å². The van der Waals surface area contributed by atoms with E-state index in [4.69, 9.17) is 21.1 Å². The molecule has 0 atom stereocenters. The average molecular weight is 503 g/mol. The SMILES string of the molecule is CCc1ccc(NC(=O)CN(c2ccc(OC)c(Cl)c2)S(=O)(=O)c2cc(C)ccc2OC)cc1. The van der Waals surface area contributed by atoms with E-state index < -0.39 is 22.5 Å². The molecule has 0 saturated heterocycles. The van der Waals surface area contributed by atoms with Gasteiger partial charge in [-0.2, -0.15) is 0 Å². The van der Waals surface area contributed by atoms with Crippen molar-refractivity contribution in [2.24, 2.45) is 0 Å². The molecule has 1 N–H and O–H groups in total. The number of carbonyl (C=O) groups is 1. The molecule has 0 aliphatic heterocycles. The maximum atomic E-state index is 13.8. The third-order valence-corrected chi connectivity index (χ3v) is 7.33. The van der Waals surface area contributed by atoms with E-state index in [2.05, 4.69) is 5.32 Å². The molecule has 0 heterocycles. The molecule has 7 nitrogen and oxygen atoms in total. The van der Waals surface area contributed by atoms with Gasteiger partial charge in [-0.25, -0.2) is 8.42 Å². The van der Waals surface area contributed by atoms with Crippen molar-refractivity contribution in [2.45, 2.75) is 25.2 Å². The molecule has 0 spiro atoms. The maximum absolute atomic E-state index is 13.8. The lowest BCUT2D eigenvalue weighted by Gasteiger charge is -2.25. The molecule has 1 amide bonds. The summed E-state index contributed by atoms with van der Waals surface area (Å²) in [6, 6.07) is 16.7. The summed E-state index contributed by atoms with van der Waals surface area (Å²) in [5, 5.41) is 2.97. The highest BCUT2D eigenvalue weighted by Gasteiger charge is 2.30. The Bertz CT molecular complexity index is 1280. The van der Waals surface area contributed by atoms with Gasteiger partial charge < -0.3 is 14.8 Å². The predicted octanol–water partition coefficient (Wildman–Crippen LogP) is 5.06. The number of sulfonamides is 1. The minimum Gasteiger partial charge on any atom is -0.495 e. The second kappa shape index (κ2) is 10.8. The fourth-order valence-corrected chi connectivity index (χ4v) is 5.29. The lowest BCUT2D eigenvalue weighted by Crippen LogP contribution is -2.38. The minimum atomic E-state index is -4.21. The molecule has 9 heteroatoms. The van der Waals surface area contributed by atoms with E-state index in [-0.39, 0.29) is 21.4 Å². The highest BCUT2D eigenvalue weighted by Crippen LogP contribution is 2.34. The van der Waals surface area contributed by atoms with Gasteiger partial charge in [-0.3, -0.25) is 9.10 Å². The Morgan fingerprint density at radius 2 is 1.62 bits per heavy atom. The van der Waals surface area contributed by atoms with Gasteiger partial charge in [0.15, 0.2) is 0 Å². The first kappa shape index (κ1) is 25.4. The summed E-state index contributed by atoms with van der Waals surface area (Å²) < 4.78 is 39.1. The second-order valence-electron chi connectivity index (χ2n) is 7.58. The van der Waals surface area contributed by atoms with Gasteiger partial charge in [0.25, 0.3) is 10.0 Å². The van der Waals surface area contributed by atoms with Crippen molar-refractivity contribution >= 4 is 38.9 Å². The molecule has 34 heavy (non-hydrogen) atoms. The van der Waals surface area contributed by atoms with Crippen LogP contribution in [-0.4, -0.2) is 35.1 Å². The van der Waals surface area contributed by atoms with Crippen molar-refractivity contribution < 1.29 is 22.7 Å². The van der Waals surface area contributed by atoms with Crippen LogP contribution in [0.5, 0.6) is 11.5 Å². The van der Waals surface area contributed by atoms with Crippen molar-refractivity contribution in [2.75, 3.05) is 30.4 Å². The van der Waals surface area contributed by atoms with E-state index in [1.807, 2.05) is 19.1 Å². The van der Waals surface area contributed by atoms with Crippen LogP contribution in [0.15, 0.2) is 65.6 Å². The number of nitrogens with zero attached hydrogens (tertiary/aromatic N) is 1. The van der Waals surface area contributed by atoms with E-state index in [0.29, 0.717) is 11.4 Å². The highest BCUT2D eigenvalue weighted by molar-refractivity contribution is 7.93. The number of methoxy groups -OCH3 is 2. The lowest BCUT2D eigenvalue weighted by atomic mass is 10.1. The number of ether oxygens (including phenoxy) is 2. The zero-order valence-electron chi connectivity index (χ0n) is 19.5. The van der Waals surface area contributed by atoms with Crippen molar-refractivity contribution in [3.63, 3.8) is 0 Å². The van der Waals surface area contributed by atoms with Gasteiger partial charge in [-0.15, -0.1) is 0 Å². The number of hydrogen-bond donors (Lipinski definition) is 1. The van der Waals surface area contributed by atoms with Crippen molar-refractivity contribution in [1.29, 1.82) is 0 Å². The van der Waals surface area contributed by atoms with Crippen molar-refractivity contribution in [1.82, 2.24) is 0 Å². The molecule has 0 radical (unpaired) electrons. The van der Waals surface area contributed by atoms with Crippen LogP contribution in [0.2, 0.25) is 5.02 Å². The highest BCUT2D eigenvalue weighted by atomic mass is 35.5. The summed E-state index contributed by atoms with van der Waals surface area (Å²) in [5.41, 5.74) is 2.64. The van der Waals surface area contributed by atoms with E-state index in [1.54, 1.807) is 37.3 Å². The van der Waals surface area contributed by atoms with Gasteiger partial charge in [-0.05, 0) is 66.9 Å². The number of aryl methyl sites for hydroxylation is 2. The fraction of sp³-hybridized carbons (Fsp3) is 0.240. The molecule has 0 bridgehead atoms. The van der Waals surface area contributed by atoms with E-state index in [1.165, 1.54) is 32.4 Å². The summed E-state index contributed by atoms with van der Waals surface area (Å²) in [6.45, 7) is 3.34. The van der Waals surface area contributed by atoms with Crippen LogP contribution in [0.3, 0.4) is 0 Å². The number of amides is 1. The topological polar surface area (TPSA) is 84.9 Å². The number of nitrogens with one attached hydrogen (secondary N) is 1. The van der Waals surface area contributed by atoms with Gasteiger partial charge in [-0.1, -0.05) is 36.7 Å². The van der Waals surface area contributed by atoms with Crippen LogP contribution in [0.25, 0.3) is 0 Å². The molecule has 0 fully saturated rings. The van der Waals surface area contributed by atoms with Gasteiger partial charge in [0.2, 0.25) is 5.91 Å². The number of anilines is 2. The van der Waals surface area contributed by atoms with Crippen LogP contribution in [0.1, 0.15) is 18.1 Å². The Labute approximate surface area is 205 Å². The van der Waals surface area contributed by atoms with E-state index in [9.17, 15) is 13.2 Å². The second-order valence-corrected chi connectivity index (χ2v) is 9.82. The normalized spacial score (nSPS) is 11.1. The molecule has 0 aliphatic carbocycles. The minimum absolute atomic E-state index is 0.0537. The third kappa shape index (κ3) is 5.63. The molecular formula is C25H27ClN2O5S. The Morgan fingerprint density at radius 3 is 2.21 bits per heavy atom. The summed E-state index contributed by atoms with van der Waals surface area (Å²) in [4.78, 5) is 12.9. The monoisotopic (exact) mass is 502 g/mol. The van der Waals surface area contributed by atoms with Crippen molar-refractivity contribution in [3.8, 4) is 11.5 Å². The molecule has 0 aromatic heterocycles. The molecule has 0 aliphatic rings. The van der Waals surface area contributed by atoms with Crippen molar-refractivity contribution in [3.05, 3.63) is 76.8 Å². The van der Waals surface area contributed by atoms with Crippen LogP contribution in [0.4, 0.5) is 11.4 Å². The third-order valence-electron chi connectivity index (χ3n) is 5.24. The van der Waals surface area contributed by atoms with Crippen LogP contribution in [-0.2, 0) is 21.2 Å². The first-order chi connectivity index (χ1) is 16.2. The standard InChI is InChI=1S/C25H27ClN2O5S/c1-5-18-7-9-19(10-8-18)27-25(29)16-28(20-11-13-22(32-3)21(26)15-20)34(30,31)24-14-17(2)6-12-23(24)33-4/h6-15H,5,16H2,1-4H3,(H,27,29). The number of benzene rings is 3. The average Bonchev–Trinajstić information content (AvgIpc) is 2.82. The Hall–Kier alpha value is -3.23. The largest absolute Gasteiger partial charge is 0.495 e. The zero-order chi connectivity index (χ0) is 24.9. The Kier molecular flexibility index (Phi) is 8.06. The molecule has 180 valence electrons. The van der Waals surface area contributed by atoms with Gasteiger partial charge in [0.05, 0.1) is 24.9 Å². The molecular weight excluding hydrogens is 476 g/mol. The van der Waals surface area contributed by atoms with E-state index in [0.717, 1.165) is 21.9 Å². The van der Waals surface area contributed by atoms with Gasteiger partial charge in [0.1, 0.15) is 22.9 Å². The number of halogens is 1. The smallest absolute Gasteiger partial charge is 0.268 e. The number of rotatable bonds is 9. The molecule has 0 saturated carbocycles.